The molecule has 3 nitrogen and oxygen atoms in total. The number of nitrogens with one attached hydrogen (secondary N) is 1. The molecule has 0 amide bonds. The third-order valence-corrected chi connectivity index (χ3v) is 2.79. The Morgan fingerprint density at radius 1 is 1.36 bits per heavy atom. The molecule has 0 spiro atoms. The fraction of sp³-hybridized carbons (Fsp3) is 0.727. The summed E-state index contributed by atoms with van der Waals surface area (Å²) in [6.45, 7) is 4.53. The Hall–Kier alpha value is -0.990. The molecule has 1 saturated heterocycles. The Bertz CT molecular complexity index is 274. The van der Waals surface area contributed by atoms with Gasteiger partial charge in [0.05, 0.1) is 6.20 Å². The lowest BCUT2D eigenvalue weighted by Crippen LogP contribution is -2.30. The van der Waals surface area contributed by atoms with Gasteiger partial charge in [0.2, 0.25) is 5.95 Å². The average Bonchev–Trinajstić information content (AvgIpc) is 2.68. The molecule has 0 unspecified atom stereocenters. The van der Waals surface area contributed by atoms with Crippen molar-refractivity contribution in [2.24, 2.45) is 0 Å². The molecule has 14 heavy (non-hydrogen) atoms. The number of rotatable bonds is 3. The summed E-state index contributed by atoms with van der Waals surface area (Å²) in [6, 6.07) is 0. The minimum absolute atomic E-state index is 1.08. The van der Waals surface area contributed by atoms with Crippen LogP contribution in [0.25, 0.3) is 0 Å². The SMILES string of the molecule is CCCc1cnc(N2CCCCC2)[nH]1. The molecule has 1 fully saturated rings. The van der Waals surface area contributed by atoms with Crippen molar-refractivity contribution < 1.29 is 0 Å². The number of hydrogen-bond donors (Lipinski definition) is 1. The van der Waals surface area contributed by atoms with Crippen molar-refractivity contribution in [3.8, 4) is 0 Å². The van der Waals surface area contributed by atoms with Crippen LogP contribution in [0.4, 0.5) is 5.95 Å². The quantitative estimate of drug-likeness (QED) is 0.799. The number of aromatic nitrogens is 2. The van der Waals surface area contributed by atoms with Crippen LogP contribution in [0, 0.1) is 0 Å². The van der Waals surface area contributed by atoms with E-state index in [1.54, 1.807) is 0 Å². The van der Waals surface area contributed by atoms with Gasteiger partial charge in [0.15, 0.2) is 0 Å². The highest BCUT2D eigenvalue weighted by atomic mass is 15.3. The molecule has 0 saturated carbocycles. The second kappa shape index (κ2) is 4.49. The second-order valence-electron chi connectivity index (χ2n) is 4.03. The summed E-state index contributed by atoms with van der Waals surface area (Å²) in [4.78, 5) is 10.2. The summed E-state index contributed by atoms with van der Waals surface area (Å²) in [5.74, 6) is 1.08. The topological polar surface area (TPSA) is 31.9 Å². The predicted octanol–water partition coefficient (Wildman–Crippen LogP) is 2.35. The lowest BCUT2D eigenvalue weighted by molar-refractivity contribution is 0.569. The van der Waals surface area contributed by atoms with E-state index in [-0.39, 0.29) is 0 Å². The Balaban J connectivity index is 2.00. The van der Waals surface area contributed by atoms with E-state index in [1.807, 2.05) is 6.20 Å². The number of hydrogen-bond acceptors (Lipinski definition) is 2. The van der Waals surface area contributed by atoms with Crippen LogP contribution in [-0.4, -0.2) is 23.1 Å². The molecule has 2 heterocycles. The molecule has 1 N–H and O–H groups in total. The molecule has 3 heteroatoms. The standard InChI is InChI=1S/C11H19N3/c1-2-6-10-9-12-11(13-10)14-7-4-3-5-8-14/h9H,2-8H2,1H3,(H,12,13). The van der Waals surface area contributed by atoms with Crippen molar-refractivity contribution in [1.29, 1.82) is 0 Å². The zero-order valence-corrected chi connectivity index (χ0v) is 8.92. The van der Waals surface area contributed by atoms with Gasteiger partial charge in [-0.25, -0.2) is 4.98 Å². The van der Waals surface area contributed by atoms with Crippen molar-refractivity contribution in [2.45, 2.75) is 39.0 Å². The molecule has 0 bridgehead atoms. The van der Waals surface area contributed by atoms with Crippen LogP contribution in [0.3, 0.4) is 0 Å². The molecular formula is C11H19N3. The van der Waals surface area contributed by atoms with E-state index >= 15 is 0 Å². The first kappa shape index (κ1) is 9.56. The van der Waals surface area contributed by atoms with E-state index in [1.165, 1.54) is 44.5 Å². The molecule has 2 rings (SSSR count). The number of aromatic amines is 1. The average molecular weight is 193 g/mol. The second-order valence-corrected chi connectivity index (χ2v) is 4.03. The Kier molecular flexibility index (Phi) is 3.07. The maximum Gasteiger partial charge on any atom is 0.202 e. The van der Waals surface area contributed by atoms with Gasteiger partial charge in [-0.1, -0.05) is 13.3 Å². The number of imidazole rings is 1. The molecule has 78 valence electrons. The van der Waals surface area contributed by atoms with E-state index in [0.29, 0.717) is 0 Å². The van der Waals surface area contributed by atoms with Crippen molar-refractivity contribution >= 4 is 5.95 Å². The van der Waals surface area contributed by atoms with E-state index < -0.39 is 0 Å². The number of H-pyrrole nitrogens is 1. The fourth-order valence-electron chi connectivity index (χ4n) is 2.01. The Morgan fingerprint density at radius 2 is 2.14 bits per heavy atom. The summed E-state index contributed by atoms with van der Waals surface area (Å²) in [7, 11) is 0. The number of piperidine rings is 1. The van der Waals surface area contributed by atoms with Crippen molar-refractivity contribution in [2.75, 3.05) is 18.0 Å². The maximum absolute atomic E-state index is 4.43. The van der Waals surface area contributed by atoms with Crippen molar-refractivity contribution in [3.05, 3.63) is 11.9 Å². The lowest BCUT2D eigenvalue weighted by atomic mass is 10.1. The van der Waals surface area contributed by atoms with E-state index in [0.717, 1.165) is 12.4 Å². The van der Waals surface area contributed by atoms with E-state index in [9.17, 15) is 0 Å². The van der Waals surface area contributed by atoms with Crippen LogP contribution in [0.15, 0.2) is 6.20 Å². The Morgan fingerprint density at radius 3 is 2.86 bits per heavy atom. The highest BCUT2D eigenvalue weighted by Crippen LogP contribution is 2.16. The molecule has 1 aromatic heterocycles. The fourth-order valence-corrected chi connectivity index (χ4v) is 2.01. The first-order valence-corrected chi connectivity index (χ1v) is 5.69. The molecule has 0 atom stereocenters. The third-order valence-electron chi connectivity index (χ3n) is 2.79. The molecule has 0 aliphatic carbocycles. The Labute approximate surface area is 85.5 Å². The highest BCUT2D eigenvalue weighted by molar-refractivity contribution is 5.31. The van der Waals surface area contributed by atoms with Gasteiger partial charge in [-0.2, -0.15) is 0 Å². The summed E-state index contributed by atoms with van der Waals surface area (Å²) in [5, 5.41) is 0. The van der Waals surface area contributed by atoms with Gasteiger partial charge in [-0.05, 0) is 25.7 Å². The molecule has 1 aliphatic rings. The van der Waals surface area contributed by atoms with Gasteiger partial charge in [0.25, 0.3) is 0 Å². The highest BCUT2D eigenvalue weighted by Gasteiger charge is 2.13. The number of aryl methyl sites for hydroxylation is 1. The van der Waals surface area contributed by atoms with Gasteiger partial charge in [-0.15, -0.1) is 0 Å². The first-order chi connectivity index (χ1) is 6.90. The predicted molar refractivity (Wildman–Crippen MR) is 58.6 cm³/mol. The maximum atomic E-state index is 4.43. The van der Waals surface area contributed by atoms with E-state index in [2.05, 4.69) is 21.8 Å². The minimum atomic E-state index is 1.08. The number of anilines is 1. The molecule has 1 aliphatic heterocycles. The van der Waals surface area contributed by atoms with Crippen LogP contribution >= 0.6 is 0 Å². The van der Waals surface area contributed by atoms with Crippen molar-refractivity contribution in [1.82, 2.24) is 9.97 Å². The zero-order valence-electron chi connectivity index (χ0n) is 8.92. The molecule has 0 radical (unpaired) electrons. The largest absolute Gasteiger partial charge is 0.342 e. The van der Waals surface area contributed by atoms with Crippen LogP contribution in [-0.2, 0) is 6.42 Å². The normalized spacial score (nSPS) is 17.4. The van der Waals surface area contributed by atoms with Gasteiger partial charge < -0.3 is 9.88 Å². The van der Waals surface area contributed by atoms with Gasteiger partial charge in [-0.3, -0.25) is 0 Å². The van der Waals surface area contributed by atoms with Crippen LogP contribution in [0.5, 0.6) is 0 Å². The first-order valence-electron chi connectivity index (χ1n) is 5.69. The third kappa shape index (κ3) is 2.08. The van der Waals surface area contributed by atoms with Crippen LogP contribution < -0.4 is 4.90 Å². The lowest BCUT2D eigenvalue weighted by Gasteiger charge is -2.25. The van der Waals surface area contributed by atoms with Crippen LogP contribution in [0.1, 0.15) is 38.3 Å². The minimum Gasteiger partial charge on any atom is -0.342 e. The van der Waals surface area contributed by atoms with Gasteiger partial charge in [0, 0.05) is 18.8 Å². The van der Waals surface area contributed by atoms with E-state index in [4.69, 9.17) is 0 Å². The summed E-state index contributed by atoms with van der Waals surface area (Å²) < 4.78 is 0. The summed E-state index contributed by atoms with van der Waals surface area (Å²) in [6.07, 6.45) is 8.27. The van der Waals surface area contributed by atoms with Crippen LogP contribution in [0.2, 0.25) is 0 Å². The summed E-state index contributed by atoms with van der Waals surface area (Å²) in [5.41, 5.74) is 1.27. The molecule has 1 aromatic rings. The summed E-state index contributed by atoms with van der Waals surface area (Å²) >= 11 is 0. The molecule has 0 aromatic carbocycles. The monoisotopic (exact) mass is 193 g/mol. The zero-order chi connectivity index (χ0) is 9.80. The molecular weight excluding hydrogens is 174 g/mol. The number of nitrogens with zero attached hydrogens (tertiary/aromatic N) is 2. The van der Waals surface area contributed by atoms with Gasteiger partial charge >= 0.3 is 0 Å². The smallest absolute Gasteiger partial charge is 0.202 e. The van der Waals surface area contributed by atoms with Gasteiger partial charge in [0.1, 0.15) is 0 Å². The van der Waals surface area contributed by atoms with Crippen molar-refractivity contribution in [3.63, 3.8) is 0 Å².